The summed E-state index contributed by atoms with van der Waals surface area (Å²) >= 11 is 0. The van der Waals surface area contributed by atoms with Gasteiger partial charge in [0.15, 0.2) is 0 Å². The van der Waals surface area contributed by atoms with Gasteiger partial charge in [-0.2, -0.15) is 0 Å². The molecule has 3 fully saturated rings. The molecule has 3 atom stereocenters. The van der Waals surface area contributed by atoms with Crippen LogP contribution in [-0.4, -0.2) is 60.0 Å². The van der Waals surface area contributed by atoms with Crippen molar-refractivity contribution in [2.24, 2.45) is 0 Å². The van der Waals surface area contributed by atoms with Crippen molar-refractivity contribution in [2.45, 2.75) is 56.5 Å². The summed E-state index contributed by atoms with van der Waals surface area (Å²) in [4.78, 5) is 38.4. The zero-order valence-electron chi connectivity index (χ0n) is 16.3. The summed E-state index contributed by atoms with van der Waals surface area (Å²) in [5.74, 6) is -0.770. The van der Waals surface area contributed by atoms with Crippen LogP contribution in [0, 0.1) is 0 Å². The average molecular weight is 398 g/mol. The van der Waals surface area contributed by atoms with E-state index in [9.17, 15) is 14.4 Å². The quantitative estimate of drug-likeness (QED) is 0.607. The molecule has 3 amide bonds. The van der Waals surface area contributed by atoms with Crippen LogP contribution in [0.5, 0.6) is 0 Å². The smallest absolute Gasteiger partial charge is 0.255 e. The molecule has 5 rings (SSSR count). The van der Waals surface area contributed by atoms with Crippen LogP contribution in [0.15, 0.2) is 18.2 Å². The summed E-state index contributed by atoms with van der Waals surface area (Å²) in [6, 6.07) is 5.84. The fourth-order valence-electron chi connectivity index (χ4n) is 5.10. The molecule has 0 spiro atoms. The van der Waals surface area contributed by atoms with Gasteiger partial charge in [0.1, 0.15) is 6.04 Å². The summed E-state index contributed by atoms with van der Waals surface area (Å²) in [5.41, 5.74) is 2.42. The summed E-state index contributed by atoms with van der Waals surface area (Å²) in [6.07, 6.45) is 2.74. The first-order chi connectivity index (χ1) is 14.0. The van der Waals surface area contributed by atoms with Crippen molar-refractivity contribution >= 4 is 17.7 Å². The van der Waals surface area contributed by atoms with Crippen molar-refractivity contribution in [3.05, 3.63) is 34.9 Å². The molecule has 1 aromatic carbocycles. The second-order valence-corrected chi connectivity index (χ2v) is 8.56. The Bertz CT molecular complexity index is 868. The molecule has 0 saturated carbocycles. The van der Waals surface area contributed by atoms with Gasteiger partial charge in [-0.1, -0.05) is 18.2 Å². The van der Waals surface area contributed by atoms with Gasteiger partial charge < -0.3 is 20.3 Å². The molecule has 4 aliphatic rings. The van der Waals surface area contributed by atoms with E-state index in [2.05, 4.69) is 16.0 Å². The number of hydrogen-bond acceptors (Lipinski definition) is 6. The lowest BCUT2D eigenvalue weighted by atomic mass is 9.95. The molecule has 0 aromatic heterocycles. The van der Waals surface area contributed by atoms with Crippen LogP contribution >= 0.6 is 0 Å². The van der Waals surface area contributed by atoms with E-state index < -0.39 is 6.04 Å². The Morgan fingerprint density at radius 3 is 3.00 bits per heavy atom. The van der Waals surface area contributed by atoms with E-state index in [-0.39, 0.29) is 29.7 Å². The lowest BCUT2D eigenvalue weighted by molar-refractivity contribution is -0.136. The molecular formula is C21H26N4O4. The Morgan fingerprint density at radius 2 is 2.14 bits per heavy atom. The number of imide groups is 1. The van der Waals surface area contributed by atoms with Crippen molar-refractivity contribution < 1.29 is 19.1 Å². The second kappa shape index (κ2) is 7.19. The van der Waals surface area contributed by atoms with Crippen LogP contribution in [0.2, 0.25) is 0 Å². The summed E-state index contributed by atoms with van der Waals surface area (Å²) < 4.78 is 6.05. The topological polar surface area (TPSA) is 99.8 Å². The van der Waals surface area contributed by atoms with Gasteiger partial charge >= 0.3 is 0 Å². The fraction of sp³-hybridized carbons (Fsp3) is 0.571. The molecule has 8 heteroatoms. The molecule has 1 aromatic rings. The highest BCUT2D eigenvalue weighted by atomic mass is 16.5. The zero-order chi connectivity index (χ0) is 20.0. The molecule has 0 aliphatic carbocycles. The van der Waals surface area contributed by atoms with Gasteiger partial charge in [-0.05, 0) is 30.4 Å². The first kappa shape index (κ1) is 18.7. The lowest BCUT2D eigenvalue weighted by Gasteiger charge is -2.32. The van der Waals surface area contributed by atoms with Crippen molar-refractivity contribution in [1.29, 1.82) is 0 Å². The van der Waals surface area contributed by atoms with E-state index in [0.717, 1.165) is 43.7 Å². The number of carbonyl (C=O) groups excluding carboxylic acids is 3. The number of rotatable bonds is 5. The predicted octanol–water partition coefficient (Wildman–Crippen LogP) is 0.0582. The SMILES string of the molecule is O=C1CCC(N2Cc3cccc(CNCC45CNC(CCO4)C5)c3C2=O)C(=O)N1. The van der Waals surface area contributed by atoms with E-state index in [1.165, 1.54) is 0 Å². The first-order valence-corrected chi connectivity index (χ1v) is 10.4. The van der Waals surface area contributed by atoms with Crippen molar-refractivity contribution in [1.82, 2.24) is 20.9 Å². The van der Waals surface area contributed by atoms with Gasteiger partial charge in [0.2, 0.25) is 11.8 Å². The Balaban J connectivity index is 1.27. The highest BCUT2D eigenvalue weighted by molar-refractivity contribution is 6.05. The van der Waals surface area contributed by atoms with Crippen molar-refractivity contribution in [3.8, 4) is 0 Å². The standard InChI is InChI=1S/C21H26N4O4/c26-17-5-4-16(19(27)24-17)25-10-14-3-1-2-13(18(14)20(25)28)9-22-11-21-8-15(23-12-21)6-7-29-21/h1-3,15-16,22-23H,4-12H2,(H,24,26,27). The normalized spacial score (nSPS) is 31.2. The maximum absolute atomic E-state index is 13.1. The number of ether oxygens (including phenoxy) is 1. The van der Waals surface area contributed by atoms with Crippen LogP contribution < -0.4 is 16.0 Å². The van der Waals surface area contributed by atoms with Crippen molar-refractivity contribution in [3.63, 3.8) is 0 Å². The van der Waals surface area contributed by atoms with Gasteiger partial charge in [-0.15, -0.1) is 0 Å². The van der Waals surface area contributed by atoms with Crippen LogP contribution in [0.1, 0.15) is 47.2 Å². The summed E-state index contributed by atoms with van der Waals surface area (Å²) in [6.45, 7) is 3.38. The van der Waals surface area contributed by atoms with E-state index in [1.807, 2.05) is 18.2 Å². The third-order valence-corrected chi connectivity index (χ3v) is 6.61. The van der Waals surface area contributed by atoms with E-state index in [4.69, 9.17) is 4.74 Å². The zero-order valence-corrected chi connectivity index (χ0v) is 16.3. The molecule has 3 unspecified atom stereocenters. The number of carbonyl (C=O) groups is 3. The first-order valence-electron chi connectivity index (χ1n) is 10.4. The minimum Gasteiger partial charge on any atom is -0.372 e. The van der Waals surface area contributed by atoms with Crippen LogP contribution in [0.4, 0.5) is 0 Å². The van der Waals surface area contributed by atoms with Gasteiger partial charge in [0, 0.05) is 50.8 Å². The monoisotopic (exact) mass is 398 g/mol. The molecule has 0 radical (unpaired) electrons. The highest BCUT2D eigenvalue weighted by Crippen LogP contribution is 2.31. The largest absolute Gasteiger partial charge is 0.372 e. The second-order valence-electron chi connectivity index (χ2n) is 8.56. The van der Waals surface area contributed by atoms with E-state index in [0.29, 0.717) is 31.1 Å². The summed E-state index contributed by atoms with van der Waals surface area (Å²) in [7, 11) is 0. The van der Waals surface area contributed by atoms with E-state index >= 15 is 0 Å². The summed E-state index contributed by atoms with van der Waals surface area (Å²) in [5, 5.41) is 9.36. The molecule has 4 heterocycles. The number of piperidine rings is 1. The molecular weight excluding hydrogens is 372 g/mol. The molecule has 4 aliphatic heterocycles. The average Bonchev–Trinajstić information content (AvgIpc) is 3.19. The van der Waals surface area contributed by atoms with Crippen LogP contribution in [0.3, 0.4) is 0 Å². The number of nitrogens with one attached hydrogen (secondary N) is 3. The Morgan fingerprint density at radius 1 is 1.24 bits per heavy atom. The fourth-order valence-corrected chi connectivity index (χ4v) is 5.10. The Kier molecular flexibility index (Phi) is 4.64. The maximum Gasteiger partial charge on any atom is 0.255 e. The third kappa shape index (κ3) is 3.35. The minimum atomic E-state index is -0.579. The van der Waals surface area contributed by atoms with E-state index in [1.54, 1.807) is 4.90 Å². The maximum atomic E-state index is 13.1. The Hall–Kier alpha value is -2.29. The molecule has 154 valence electrons. The lowest BCUT2D eigenvalue weighted by Crippen LogP contribution is -2.52. The van der Waals surface area contributed by atoms with Gasteiger partial charge in [0.25, 0.3) is 5.91 Å². The highest BCUT2D eigenvalue weighted by Gasteiger charge is 2.43. The predicted molar refractivity (Wildman–Crippen MR) is 104 cm³/mol. The number of benzene rings is 1. The van der Waals surface area contributed by atoms with Gasteiger partial charge in [-0.25, -0.2) is 0 Å². The number of nitrogens with zero attached hydrogens (tertiary/aromatic N) is 1. The van der Waals surface area contributed by atoms with Crippen LogP contribution in [0.25, 0.3) is 0 Å². The molecule has 2 bridgehead atoms. The van der Waals surface area contributed by atoms with Gasteiger partial charge in [-0.3, -0.25) is 19.7 Å². The van der Waals surface area contributed by atoms with Crippen molar-refractivity contribution in [2.75, 3.05) is 19.7 Å². The third-order valence-electron chi connectivity index (χ3n) is 6.61. The minimum absolute atomic E-state index is 0.124. The number of fused-ring (bicyclic) bond motifs is 3. The van der Waals surface area contributed by atoms with Gasteiger partial charge in [0.05, 0.1) is 5.60 Å². The molecule has 3 saturated heterocycles. The number of hydrogen-bond donors (Lipinski definition) is 3. The molecule has 29 heavy (non-hydrogen) atoms. The molecule has 8 nitrogen and oxygen atoms in total. The molecule has 3 N–H and O–H groups in total. The number of amides is 3. The van der Waals surface area contributed by atoms with Crippen LogP contribution in [-0.2, 0) is 27.4 Å². The Labute approximate surface area is 169 Å².